The Hall–Kier alpha value is -2.30. The molecule has 1 heterocycles. The number of aryl methyl sites for hydroxylation is 1. The lowest BCUT2D eigenvalue weighted by atomic mass is 10.1. The predicted octanol–water partition coefficient (Wildman–Crippen LogP) is 1.16. The van der Waals surface area contributed by atoms with Gasteiger partial charge in [0.25, 0.3) is 11.8 Å². The first-order valence-corrected chi connectivity index (χ1v) is 11.6. The number of halogens is 2. The topological polar surface area (TPSA) is 133 Å². The van der Waals surface area contributed by atoms with Gasteiger partial charge in [0.2, 0.25) is 15.9 Å². The number of nitrogens with zero attached hydrogens (tertiary/aromatic N) is 1. The highest BCUT2D eigenvalue weighted by atomic mass is 35.5. The van der Waals surface area contributed by atoms with Crippen molar-refractivity contribution in [2.75, 3.05) is 25.9 Å². The molecule has 3 amide bonds. The van der Waals surface area contributed by atoms with E-state index in [-0.39, 0.29) is 25.1 Å². The second-order valence-electron chi connectivity index (χ2n) is 6.71. The van der Waals surface area contributed by atoms with Crippen LogP contribution >= 0.6 is 23.2 Å². The molecule has 0 saturated heterocycles. The fraction of sp³-hybridized carbons (Fsp3) is 0.389. The third kappa shape index (κ3) is 6.89. The maximum absolute atomic E-state index is 12.3. The first-order valence-electron chi connectivity index (χ1n) is 8.92. The number of benzene rings is 1. The number of hydrogen-bond donors (Lipinski definition) is 3. The number of hydrogen-bond acceptors (Lipinski definition) is 6. The summed E-state index contributed by atoms with van der Waals surface area (Å²) < 4.78 is 23.8. The SMILES string of the molecule is CS(=O)(=O)NC(=O)CCN1CC(C(=O)NCCCc2ccc(Cl)c(Cl)c2)=C(O)C1=O. The van der Waals surface area contributed by atoms with Crippen LogP contribution in [0.25, 0.3) is 0 Å². The summed E-state index contributed by atoms with van der Waals surface area (Å²) in [4.78, 5) is 37.0. The molecule has 0 unspecified atom stereocenters. The zero-order chi connectivity index (χ0) is 22.5. The molecular formula is C18H21Cl2N3O6S. The lowest BCUT2D eigenvalue weighted by Crippen LogP contribution is -2.35. The van der Waals surface area contributed by atoms with Crippen LogP contribution in [-0.4, -0.2) is 62.0 Å². The molecule has 2 rings (SSSR count). The molecule has 9 nitrogen and oxygen atoms in total. The van der Waals surface area contributed by atoms with Gasteiger partial charge in [-0.3, -0.25) is 19.1 Å². The molecule has 0 bridgehead atoms. The molecule has 0 saturated carbocycles. The fourth-order valence-corrected chi connectivity index (χ4v) is 3.60. The van der Waals surface area contributed by atoms with E-state index in [2.05, 4.69) is 5.32 Å². The molecule has 0 radical (unpaired) electrons. The van der Waals surface area contributed by atoms with E-state index >= 15 is 0 Å². The summed E-state index contributed by atoms with van der Waals surface area (Å²) in [7, 11) is -3.70. The van der Waals surface area contributed by atoms with Crippen LogP contribution in [0, 0.1) is 0 Å². The van der Waals surface area contributed by atoms with E-state index in [4.69, 9.17) is 23.2 Å². The van der Waals surface area contributed by atoms with Crippen LogP contribution in [-0.2, 0) is 30.8 Å². The van der Waals surface area contributed by atoms with Gasteiger partial charge in [-0.1, -0.05) is 29.3 Å². The van der Waals surface area contributed by atoms with E-state index < -0.39 is 33.5 Å². The van der Waals surface area contributed by atoms with Gasteiger partial charge in [0, 0.05) is 19.5 Å². The number of aliphatic hydroxyl groups is 1. The Balaban J connectivity index is 1.80. The van der Waals surface area contributed by atoms with E-state index in [9.17, 15) is 27.9 Å². The summed E-state index contributed by atoms with van der Waals surface area (Å²) >= 11 is 11.8. The summed E-state index contributed by atoms with van der Waals surface area (Å²) in [6.45, 7) is -0.00534. The largest absolute Gasteiger partial charge is 0.503 e. The molecule has 0 atom stereocenters. The number of rotatable bonds is 9. The van der Waals surface area contributed by atoms with Crippen molar-refractivity contribution >= 4 is 50.9 Å². The highest BCUT2D eigenvalue weighted by Gasteiger charge is 2.33. The number of amides is 3. The summed E-state index contributed by atoms with van der Waals surface area (Å²) in [5.74, 6) is -2.84. The second-order valence-corrected chi connectivity index (χ2v) is 9.27. The Morgan fingerprint density at radius 3 is 2.57 bits per heavy atom. The number of nitrogens with one attached hydrogen (secondary N) is 2. The van der Waals surface area contributed by atoms with Crippen molar-refractivity contribution in [2.24, 2.45) is 0 Å². The van der Waals surface area contributed by atoms with Crippen molar-refractivity contribution in [3.63, 3.8) is 0 Å². The second kappa shape index (κ2) is 10.1. The van der Waals surface area contributed by atoms with Gasteiger partial charge >= 0.3 is 0 Å². The number of sulfonamides is 1. The third-order valence-corrected chi connectivity index (χ3v) is 5.56. The summed E-state index contributed by atoms with van der Waals surface area (Å²) in [5.41, 5.74) is 0.855. The zero-order valence-corrected chi connectivity index (χ0v) is 18.4. The minimum Gasteiger partial charge on any atom is -0.503 e. The maximum atomic E-state index is 12.3. The summed E-state index contributed by atoms with van der Waals surface area (Å²) in [6, 6.07) is 5.26. The molecule has 0 spiro atoms. The Kier molecular flexibility index (Phi) is 8.10. The lowest BCUT2D eigenvalue weighted by molar-refractivity contribution is -0.128. The van der Waals surface area contributed by atoms with Gasteiger partial charge in [0.05, 0.1) is 28.4 Å². The maximum Gasteiger partial charge on any atom is 0.289 e. The molecule has 1 aromatic carbocycles. The van der Waals surface area contributed by atoms with Crippen molar-refractivity contribution < 1.29 is 27.9 Å². The van der Waals surface area contributed by atoms with Gasteiger partial charge in [0.1, 0.15) is 0 Å². The van der Waals surface area contributed by atoms with Crippen molar-refractivity contribution in [1.82, 2.24) is 14.9 Å². The van der Waals surface area contributed by atoms with Crippen LogP contribution in [0.5, 0.6) is 0 Å². The molecule has 1 aromatic rings. The first-order chi connectivity index (χ1) is 14.0. The molecular weight excluding hydrogens is 457 g/mol. The third-order valence-electron chi connectivity index (χ3n) is 4.22. The van der Waals surface area contributed by atoms with Gasteiger partial charge in [0.15, 0.2) is 5.76 Å². The van der Waals surface area contributed by atoms with Crippen LogP contribution in [0.4, 0.5) is 0 Å². The number of carbonyl (C=O) groups excluding carboxylic acids is 3. The lowest BCUT2D eigenvalue weighted by Gasteiger charge is -2.15. The van der Waals surface area contributed by atoms with Crippen LogP contribution in [0.2, 0.25) is 10.0 Å². The Morgan fingerprint density at radius 1 is 1.23 bits per heavy atom. The highest BCUT2D eigenvalue weighted by molar-refractivity contribution is 7.89. The van der Waals surface area contributed by atoms with E-state index in [0.29, 0.717) is 29.4 Å². The van der Waals surface area contributed by atoms with Gasteiger partial charge in [-0.25, -0.2) is 8.42 Å². The summed E-state index contributed by atoms with van der Waals surface area (Å²) in [5, 5.41) is 13.5. The quantitative estimate of drug-likeness (QED) is 0.457. The average Bonchev–Trinajstić information content (AvgIpc) is 2.93. The first kappa shape index (κ1) is 24.0. The summed E-state index contributed by atoms with van der Waals surface area (Å²) in [6.07, 6.45) is 1.79. The Bertz CT molecular complexity index is 994. The van der Waals surface area contributed by atoms with E-state index in [1.807, 2.05) is 6.07 Å². The Morgan fingerprint density at radius 2 is 1.93 bits per heavy atom. The van der Waals surface area contributed by atoms with Crippen LogP contribution in [0.1, 0.15) is 18.4 Å². The molecule has 0 fully saturated rings. The van der Waals surface area contributed by atoms with Gasteiger partial charge in [-0.05, 0) is 30.5 Å². The van der Waals surface area contributed by atoms with Crippen molar-refractivity contribution in [1.29, 1.82) is 0 Å². The van der Waals surface area contributed by atoms with Crippen molar-refractivity contribution in [3.05, 3.63) is 45.1 Å². The van der Waals surface area contributed by atoms with E-state index in [0.717, 1.165) is 16.7 Å². The number of carbonyl (C=O) groups is 3. The molecule has 1 aliphatic rings. The standard InChI is InChI=1S/C18H21Cl2N3O6S/c1-30(28,29)22-15(24)6-8-23-10-12(16(25)18(23)27)17(26)21-7-2-3-11-4-5-13(19)14(20)9-11/h4-5,9,25H,2-3,6-8,10H2,1H3,(H,21,26)(H,22,24). The fourth-order valence-electron chi connectivity index (χ4n) is 2.77. The van der Waals surface area contributed by atoms with Gasteiger partial charge in [-0.15, -0.1) is 0 Å². The monoisotopic (exact) mass is 477 g/mol. The molecule has 30 heavy (non-hydrogen) atoms. The van der Waals surface area contributed by atoms with Crippen molar-refractivity contribution in [2.45, 2.75) is 19.3 Å². The molecule has 0 aromatic heterocycles. The van der Waals surface area contributed by atoms with E-state index in [1.165, 1.54) is 0 Å². The van der Waals surface area contributed by atoms with Crippen LogP contribution in [0.15, 0.2) is 29.5 Å². The molecule has 1 aliphatic heterocycles. The van der Waals surface area contributed by atoms with Crippen molar-refractivity contribution in [3.8, 4) is 0 Å². The molecule has 12 heteroatoms. The number of aliphatic hydroxyl groups excluding tert-OH is 1. The highest BCUT2D eigenvalue weighted by Crippen LogP contribution is 2.23. The Labute approximate surface area is 184 Å². The molecule has 3 N–H and O–H groups in total. The molecule has 0 aliphatic carbocycles. The normalized spacial score (nSPS) is 14.2. The van der Waals surface area contributed by atoms with Crippen LogP contribution < -0.4 is 10.0 Å². The zero-order valence-electron chi connectivity index (χ0n) is 16.1. The average molecular weight is 478 g/mol. The van der Waals surface area contributed by atoms with Crippen LogP contribution in [0.3, 0.4) is 0 Å². The minimum atomic E-state index is -3.70. The smallest absolute Gasteiger partial charge is 0.289 e. The predicted molar refractivity (Wildman–Crippen MR) is 112 cm³/mol. The molecule has 164 valence electrons. The minimum absolute atomic E-state index is 0.0990. The van der Waals surface area contributed by atoms with E-state index in [1.54, 1.807) is 16.9 Å². The van der Waals surface area contributed by atoms with Gasteiger partial charge < -0.3 is 15.3 Å². The van der Waals surface area contributed by atoms with Gasteiger partial charge in [-0.2, -0.15) is 0 Å².